The highest BCUT2D eigenvalue weighted by molar-refractivity contribution is 6.30. The van der Waals surface area contributed by atoms with Crippen molar-refractivity contribution in [2.45, 2.75) is 12.8 Å². The van der Waals surface area contributed by atoms with Gasteiger partial charge in [-0.15, -0.1) is 0 Å². The largest absolute Gasteiger partial charge is 0.494 e. The molecule has 1 rings (SSSR count). The van der Waals surface area contributed by atoms with Crippen molar-refractivity contribution in [3.63, 3.8) is 0 Å². The molecule has 0 spiro atoms. The molecule has 108 valence electrons. The minimum atomic E-state index is -2.39. The van der Waals surface area contributed by atoms with Crippen LogP contribution in [0.5, 0.6) is 5.75 Å². The summed E-state index contributed by atoms with van der Waals surface area (Å²) in [6.07, 6.45) is -1.77. The third-order valence-corrected chi connectivity index (χ3v) is 2.77. The summed E-state index contributed by atoms with van der Waals surface area (Å²) in [5, 5.41) is 9.42. The number of ether oxygens (including phenoxy) is 1. The Morgan fingerprint density at radius 1 is 1.21 bits per heavy atom. The van der Waals surface area contributed by atoms with Crippen LogP contribution in [-0.2, 0) is 0 Å². The fourth-order valence-electron chi connectivity index (χ4n) is 1.64. The fourth-order valence-corrected chi connectivity index (χ4v) is 1.77. The minimum Gasteiger partial charge on any atom is -0.494 e. The number of alkyl halides is 2. The number of hydrogen-bond donors (Lipinski definition) is 1. The van der Waals surface area contributed by atoms with Crippen molar-refractivity contribution in [3.8, 4) is 5.75 Å². The Hall–Kier alpha value is -0.910. The molecule has 0 aromatic heterocycles. The molecule has 0 saturated carbocycles. The Morgan fingerprint density at radius 2 is 1.89 bits per heavy atom. The quantitative estimate of drug-likeness (QED) is 0.711. The first-order valence-corrected chi connectivity index (χ1v) is 6.49. The molecular formula is C13H18ClF2NO2. The Morgan fingerprint density at radius 3 is 2.47 bits per heavy atom. The van der Waals surface area contributed by atoms with Crippen molar-refractivity contribution < 1.29 is 18.6 Å². The lowest BCUT2D eigenvalue weighted by atomic mass is 10.3. The van der Waals surface area contributed by atoms with Crippen LogP contribution in [0.15, 0.2) is 24.3 Å². The van der Waals surface area contributed by atoms with E-state index in [2.05, 4.69) is 0 Å². The van der Waals surface area contributed by atoms with Crippen LogP contribution in [-0.4, -0.2) is 49.3 Å². The molecular weight excluding hydrogens is 276 g/mol. The van der Waals surface area contributed by atoms with Crippen LogP contribution in [0.25, 0.3) is 0 Å². The van der Waals surface area contributed by atoms with Gasteiger partial charge in [-0.05, 0) is 30.7 Å². The molecule has 0 aliphatic rings. The van der Waals surface area contributed by atoms with E-state index in [1.54, 1.807) is 24.3 Å². The van der Waals surface area contributed by atoms with Crippen molar-refractivity contribution in [3.05, 3.63) is 29.3 Å². The van der Waals surface area contributed by atoms with Gasteiger partial charge in [-0.1, -0.05) is 11.6 Å². The maximum atomic E-state index is 12.3. The lowest BCUT2D eigenvalue weighted by Gasteiger charge is -2.20. The maximum Gasteiger partial charge on any atom is 0.251 e. The minimum absolute atomic E-state index is 0.120. The monoisotopic (exact) mass is 293 g/mol. The van der Waals surface area contributed by atoms with Crippen LogP contribution in [0.2, 0.25) is 5.02 Å². The standard InChI is InChI=1S/C13H18ClF2NO2/c14-11-2-4-12(5-3-11)19-9-1-6-17(7-8-18)10-13(15)16/h2-5,13,18H,1,6-10H2. The third-order valence-electron chi connectivity index (χ3n) is 2.51. The molecule has 6 heteroatoms. The summed E-state index contributed by atoms with van der Waals surface area (Å²) in [5.74, 6) is 0.701. The number of rotatable bonds is 9. The third kappa shape index (κ3) is 7.30. The number of benzene rings is 1. The van der Waals surface area contributed by atoms with Crippen molar-refractivity contribution in [2.75, 3.05) is 32.8 Å². The number of aliphatic hydroxyl groups excluding tert-OH is 1. The molecule has 0 heterocycles. The van der Waals surface area contributed by atoms with Gasteiger partial charge in [-0.25, -0.2) is 8.78 Å². The van der Waals surface area contributed by atoms with E-state index in [0.29, 0.717) is 30.3 Å². The second-order valence-electron chi connectivity index (χ2n) is 4.07. The number of halogens is 3. The molecule has 3 nitrogen and oxygen atoms in total. The zero-order chi connectivity index (χ0) is 14.1. The highest BCUT2D eigenvalue weighted by Gasteiger charge is 2.10. The van der Waals surface area contributed by atoms with Crippen LogP contribution < -0.4 is 4.74 Å². The van der Waals surface area contributed by atoms with Crippen molar-refractivity contribution in [1.29, 1.82) is 0 Å². The molecule has 0 atom stereocenters. The van der Waals surface area contributed by atoms with Gasteiger partial charge in [-0.3, -0.25) is 4.90 Å². The van der Waals surface area contributed by atoms with Crippen molar-refractivity contribution >= 4 is 11.6 Å². The molecule has 0 fully saturated rings. The van der Waals surface area contributed by atoms with Crippen LogP contribution in [0.3, 0.4) is 0 Å². The second kappa shape index (κ2) is 9.07. The van der Waals surface area contributed by atoms with Gasteiger partial charge >= 0.3 is 0 Å². The van der Waals surface area contributed by atoms with E-state index < -0.39 is 6.43 Å². The van der Waals surface area contributed by atoms with E-state index in [4.69, 9.17) is 21.4 Å². The fraction of sp³-hybridized carbons (Fsp3) is 0.538. The molecule has 0 radical (unpaired) electrons. The second-order valence-corrected chi connectivity index (χ2v) is 4.51. The Balaban J connectivity index is 2.22. The zero-order valence-corrected chi connectivity index (χ0v) is 11.3. The Bertz CT molecular complexity index is 349. The Kier molecular flexibility index (Phi) is 7.70. The van der Waals surface area contributed by atoms with Gasteiger partial charge in [0.1, 0.15) is 5.75 Å². The number of nitrogens with zero attached hydrogens (tertiary/aromatic N) is 1. The molecule has 0 saturated heterocycles. The van der Waals surface area contributed by atoms with Crippen LogP contribution in [0.1, 0.15) is 6.42 Å². The van der Waals surface area contributed by atoms with E-state index >= 15 is 0 Å². The first-order chi connectivity index (χ1) is 9.11. The molecule has 0 amide bonds. The van der Waals surface area contributed by atoms with Crippen molar-refractivity contribution in [1.82, 2.24) is 4.90 Å². The first-order valence-electron chi connectivity index (χ1n) is 6.11. The van der Waals surface area contributed by atoms with Gasteiger partial charge in [0.25, 0.3) is 6.43 Å². The summed E-state index contributed by atoms with van der Waals surface area (Å²) in [7, 11) is 0. The highest BCUT2D eigenvalue weighted by Crippen LogP contribution is 2.15. The van der Waals surface area contributed by atoms with Gasteiger partial charge in [0, 0.05) is 18.1 Å². The van der Waals surface area contributed by atoms with E-state index in [0.717, 1.165) is 0 Å². The SMILES string of the molecule is OCCN(CCCOc1ccc(Cl)cc1)CC(F)F. The number of aliphatic hydroxyl groups is 1. The average molecular weight is 294 g/mol. The maximum absolute atomic E-state index is 12.3. The van der Waals surface area contributed by atoms with Crippen LogP contribution in [0.4, 0.5) is 8.78 Å². The molecule has 19 heavy (non-hydrogen) atoms. The molecule has 0 unspecified atom stereocenters. The van der Waals surface area contributed by atoms with Crippen molar-refractivity contribution in [2.24, 2.45) is 0 Å². The van der Waals surface area contributed by atoms with Crippen LogP contribution in [0, 0.1) is 0 Å². The van der Waals surface area contributed by atoms with Gasteiger partial charge in [0.15, 0.2) is 0 Å². The molecule has 1 aromatic rings. The predicted molar refractivity (Wildman–Crippen MR) is 71.1 cm³/mol. The summed E-state index contributed by atoms with van der Waals surface area (Å²) in [4.78, 5) is 1.52. The zero-order valence-electron chi connectivity index (χ0n) is 10.6. The summed E-state index contributed by atoms with van der Waals surface area (Å²) in [5.41, 5.74) is 0. The van der Waals surface area contributed by atoms with Gasteiger partial charge < -0.3 is 9.84 Å². The van der Waals surface area contributed by atoms with E-state index in [-0.39, 0.29) is 19.7 Å². The topological polar surface area (TPSA) is 32.7 Å². The molecule has 0 bridgehead atoms. The average Bonchev–Trinajstić information content (AvgIpc) is 2.36. The first kappa shape index (κ1) is 16.1. The lowest BCUT2D eigenvalue weighted by Crippen LogP contribution is -2.33. The van der Waals surface area contributed by atoms with Crippen LogP contribution >= 0.6 is 11.6 Å². The molecule has 0 aliphatic carbocycles. The summed E-state index contributed by atoms with van der Waals surface area (Å²) in [6.45, 7) is 0.725. The normalized spacial score (nSPS) is 11.3. The van der Waals surface area contributed by atoms with Gasteiger partial charge in [-0.2, -0.15) is 0 Å². The molecule has 1 N–H and O–H groups in total. The van der Waals surface area contributed by atoms with Gasteiger partial charge in [0.05, 0.1) is 19.8 Å². The van der Waals surface area contributed by atoms with E-state index in [1.165, 1.54) is 4.90 Å². The lowest BCUT2D eigenvalue weighted by molar-refractivity contribution is 0.0754. The van der Waals surface area contributed by atoms with Gasteiger partial charge in [0.2, 0.25) is 0 Å². The summed E-state index contributed by atoms with van der Waals surface area (Å²) in [6, 6.07) is 6.97. The summed E-state index contributed by atoms with van der Waals surface area (Å²) >= 11 is 5.74. The molecule has 0 aliphatic heterocycles. The Labute approximate surface area is 116 Å². The predicted octanol–water partition coefficient (Wildman–Crippen LogP) is 2.67. The summed E-state index contributed by atoms with van der Waals surface area (Å²) < 4.78 is 30.0. The molecule has 1 aromatic carbocycles. The van der Waals surface area contributed by atoms with E-state index in [1.807, 2.05) is 0 Å². The smallest absolute Gasteiger partial charge is 0.251 e. The highest BCUT2D eigenvalue weighted by atomic mass is 35.5. The van der Waals surface area contributed by atoms with E-state index in [9.17, 15) is 8.78 Å². The number of hydrogen-bond acceptors (Lipinski definition) is 3.